The minimum absolute atomic E-state index is 0.164. The van der Waals surface area contributed by atoms with Crippen molar-refractivity contribution < 1.29 is 17.9 Å². The number of rotatable bonds is 7. The van der Waals surface area contributed by atoms with E-state index in [9.17, 15) is 13.2 Å². The number of piperazine rings is 1. The minimum atomic E-state index is -3.68. The molecule has 1 saturated heterocycles. The summed E-state index contributed by atoms with van der Waals surface area (Å²) in [5.41, 5.74) is 1.58. The Kier molecular flexibility index (Phi) is 6.39. The van der Waals surface area contributed by atoms with Crippen molar-refractivity contribution in [3.63, 3.8) is 0 Å². The fourth-order valence-corrected chi connectivity index (χ4v) is 6.68. The molecule has 2 aliphatic rings. The Labute approximate surface area is 191 Å². The lowest BCUT2D eigenvalue weighted by molar-refractivity contribution is 0.0963. The summed E-state index contributed by atoms with van der Waals surface area (Å²) in [6.07, 6.45) is 1.54. The molecule has 1 amide bonds. The van der Waals surface area contributed by atoms with Gasteiger partial charge in [0.1, 0.15) is 20.5 Å². The van der Waals surface area contributed by atoms with Crippen LogP contribution in [0.2, 0.25) is 0 Å². The minimum Gasteiger partial charge on any atom is -0.492 e. The van der Waals surface area contributed by atoms with Gasteiger partial charge in [0.2, 0.25) is 0 Å². The summed E-state index contributed by atoms with van der Waals surface area (Å²) < 4.78 is 35.4. The smallest absolute Gasteiger partial charge is 0.299 e. The lowest BCUT2D eigenvalue weighted by Gasteiger charge is -2.31. The summed E-state index contributed by atoms with van der Waals surface area (Å²) in [7, 11) is -0.0140. The molecule has 2 aromatic heterocycles. The molecule has 0 spiro atoms. The van der Waals surface area contributed by atoms with Gasteiger partial charge < -0.3 is 9.64 Å². The van der Waals surface area contributed by atoms with Gasteiger partial charge in [0.25, 0.3) is 15.9 Å². The molecule has 1 fully saturated rings. The van der Waals surface area contributed by atoms with E-state index in [4.69, 9.17) is 4.74 Å². The molecule has 10 nitrogen and oxygen atoms in total. The molecule has 0 saturated carbocycles. The Bertz CT molecular complexity index is 1160. The molecule has 12 heteroatoms. The first-order chi connectivity index (χ1) is 15.3. The first-order valence-electron chi connectivity index (χ1n) is 10.6. The van der Waals surface area contributed by atoms with Gasteiger partial charge in [-0.05, 0) is 20.4 Å². The summed E-state index contributed by atoms with van der Waals surface area (Å²) in [6.45, 7) is 6.41. The van der Waals surface area contributed by atoms with Crippen molar-refractivity contribution in [1.29, 1.82) is 0 Å². The van der Waals surface area contributed by atoms with E-state index in [1.54, 1.807) is 7.05 Å². The number of likely N-dealkylation sites (N-methyl/N-ethyl adjacent to an activating group) is 1. The summed E-state index contributed by atoms with van der Waals surface area (Å²) in [5, 5.41) is 8.58. The van der Waals surface area contributed by atoms with E-state index in [1.165, 1.54) is 15.1 Å². The number of carbonyl (C=O) groups excluding carboxylic acids is 1. The maximum Gasteiger partial charge on any atom is 0.299 e. The van der Waals surface area contributed by atoms with Crippen LogP contribution in [0.4, 0.5) is 5.69 Å². The molecule has 0 unspecified atom stereocenters. The number of hydrogen-bond donors (Lipinski definition) is 0. The van der Waals surface area contributed by atoms with Crippen LogP contribution in [0.5, 0.6) is 5.75 Å². The van der Waals surface area contributed by atoms with Crippen molar-refractivity contribution in [1.82, 2.24) is 24.3 Å². The zero-order chi connectivity index (χ0) is 23.0. The van der Waals surface area contributed by atoms with E-state index >= 15 is 0 Å². The highest BCUT2D eigenvalue weighted by Crippen LogP contribution is 2.37. The highest BCUT2D eigenvalue weighted by Gasteiger charge is 2.34. The topological polar surface area (TPSA) is 111 Å². The average Bonchev–Trinajstić information content (AvgIpc) is 3.31. The van der Waals surface area contributed by atoms with Crippen LogP contribution < -0.4 is 10.1 Å². The van der Waals surface area contributed by atoms with E-state index in [1.807, 2.05) is 20.9 Å². The second kappa shape index (κ2) is 8.93. The first kappa shape index (κ1) is 22.9. The molecular formula is C20H27N6O4S2. The molecule has 0 N–H and O–H groups in total. The third-order valence-electron chi connectivity index (χ3n) is 5.44. The molecular weight excluding hydrogens is 452 g/mol. The zero-order valence-electron chi connectivity index (χ0n) is 18.7. The molecule has 0 aromatic carbocycles. The van der Waals surface area contributed by atoms with Gasteiger partial charge in [-0.15, -0.1) is 11.3 Å². The van der Waals surface area contributed by atoms with Gasteiger partial charge >= 0.3 is 0 Å². The largest absolute Gasteiger partial charge is 0.492 e. The number of amides is 1. The average molecular weight is 480 g/mol. The number of sulfonamides is 1. The predicted octanol–water partition coefficient (Wildman–Crippen LogP) is 1.61. The summed E-state index contributed by atoms with van der Waals surface area (Å²) >= 11 is 1.04. The van der Waals surface area contributed by atoms with Crippen molar-refractivity contribution in [3.8, 4) is 5.75 Å². The number of fused-ring (bicyclic) bond motifs is 1. The number of aromatic nitrogens is 2. The van der Waals surface area contributed by atoms with Crippen molar-refractivity contribution in [2.45, 2.75) is 30.9 Å². The molecule has 173 valence electrons. The van der Waals surface area contributed by atoms with Gasteiger partial charge in [-0.3, -0.25) is 9.48 Å². The van der Waals surface area contributed by atoms with Gasteiger partial charge in [0, 0.05) is 39.3 Å². The van der Waals surface area contributed by atoms with Crippen LogP contribution in [0.3, 0.4) is 0 Å². The van der Waals surface area contributed by atoms with Crippen LogP contribution in [-0.4, -0.2) is 79.0 Å². The summed E-state index contributed by atoms with van der Waals surface area (Å²) in [5.74, 6) is 0.0905. The molecule has 0 bridgehead atoms. The second-order valence-electron chi connectivity index (χ2n) is 7.77. The van der Waals surface area contributed by atoms with E-state index in [-0.39, 0.29) is 10.0 Å². The van der Waals surface area contributed by atoms with E-state index in [0.29, 0.717) is 61.2 Å². The third-order valence-corrected chi connectivity index (χ3v) is 8.90. The van der Waals surface area contributed by atoms with Gasteiger partial charge in [0.05, 0.1) is 12.3 Å². The SMILES string of the molecule is CCCc1nn(C)c2c1N=C(c1sc(S(=O)(=O)N3CCN(C)CC3)cc1OCC)[N]C2=O. The summed E-state index contributed by atoms with van der Waals surface area (Å²) in [6, 6.07) is 1.52. The van der Waals surface area contributed by atoms with Crippen molar-refractivity contribution in [2.75, 3.05) is 39.8 Å². The lowest BCUT2D eigenvalue weighted by Crippen LogP contribution is -2.46. The normalized spacial score (nSPS) is 17.8. The number of carbonyl (C=O) groups is 1. The molecule has 0 atom stereocenters. The second-order valence-corrected chi connectivity index (χ2v) is 11.0. The number of ether oxygens (including phenoxy) is 1. The van der Waals surface area contributed by atoms with Crippen LogP contribution in [-0.2, 0) is 23.5 Å². The van der Waals surface area contributed by atoms with Crippen molar-refractivity contribution >= 4 is 38.8 Å². The molecule has 2 aromatic rings. The zero-order valence-corrected chi connectivity index (χ0v) is 20.3. The molecule has 1 radical (unpaired) electrons. The Hall–Kier alpha value is -2.28. The number of aryl methyl sites for hydroxylation is 2. The van der Waals surface area contributed by atoms with Crippen LogP contribution in [0.25, 0.3) is 0 Å². The molecule has 4 rings (SSSR count). The number of aliphatic imine (C=N–C) groups is 1. The Morgan fingerprint density at radius 3 is 2.53 bits per heavy atom. The van der Waals surface area contributed by atoms with Crippen LogP contribution in [0.15, 0.2) is 15.3 Å². The standard InChI is InChI=1S/C20H27N6O4S2/c1-5-7-13-16-17(25(4)23-13)20(27)22-19(21-16)18-14(30-6-2)12-15(31-18)32(28,29)26-10-8-24(3)9-11-26/h12H,5-11H2,1-4H3. The van der Waals surface area contributed by atoms with Crippen LogP contribution in [0.1, 0.15) is 41.3 Å². The van der Waals surface area contributed by atoms with Gasteiger partial charge in [-0.2, -0.15) is 14.7 Å². The lowest BCUT2D eigenvalue weighted by atomic mass is 10.1. The predicted molar refractivity (Wildman–Crippen MR) is 122 cm³/mol. The van der Waals surface area contributed by atoms with Gasteiger partial charge in [0.15, 0.2) is 11.5 Å². The summed E-state index contributed by atoms with van der Waals surface area (Å²) in [4.78, 5) is 19.9. The van der Waals surface area contributed by atoms with Crippen molar-refractivity contribution in [3.05, 3.63) is 22.3 Å². The van der Waals surface area contributed by atoms with Gasteiger partial charge in [-0.25, -0.2) is 13.4 Å². The highest BCUT2D eigenvalue weighted by molar-refractivity contribution is 7.91. The number of amidine groups is 1. The molecule has 0 aliphatic carbocycles. The van der Waals surface area contributed by atoms with Gasteiger partial charge in [-0.1, -0.05) is 13.3 Å². The maximum absolute atomic E-state index is 13.3. The molecule has 2 aliphatic heterocycles. The monoisotopic (exact) mass is 479 g/mol. The van der Waals surface area contributed by atoms with E-state index < -0.39 is 15.9 Å². The van der Waals surface area contributed by atoms with Crippen LogP contribution >= 0.6 is 11.3 Å². The Morgan fingerprint density at radius 1 is 1.16 bits per heavy atom. The quantitative estimate of drug-likeness (QED) is 0.596. The maximum atomic E-state index is 13.3. The Balaban J connectivity index is 1.76. The molecule has 32 heavy (non-hydrogen) atoms. The fourth-order valence-electron chi connectivity index (χ4n) is 3.77. The first-order valence-corrected chi connectivity index (χ1v) is 12.9. The third kappa shape index (κ3) is 4.07. The highest BCUT2D eigenvalue weighted by atomic mass is 32.2. The van der Waals surface area contributed by atoms with Crippen LogP contribution in [0, 0.1) is 0 Å². The van der Waals surface area contributed by atoms with E-state index in [2.05, 4.69) is 20.3 Å². The molecule has 4 heterocycles. The number of thiophene rings is 1. The Morgan fingerprint density at radius 2 is 1.88 bits per heavy atom. The fraction of sp³-hybridized carbons (Fsp3) is 0.550. The number of hydrogen-bond acceptors (Lipinski definition) is 8. The number of nitrogens with zero attached hydrogens (tertiary/aromatic N) is 6. The van der Waals surface area contributed by atoms with E-state index in [0.717, 1.165) is 23.5 Å². The van der Waals surface area contributed by atoms with Crippen molar-refractivity contribution in [2.24, 2.45) is 12.0 Å².